The van der Waals surface area contributed by atoms with Crippen molar-refractivity contribution in [1.82, 2.24) is 29.1 Å². The fourth-order valence-corrected chi connectivity index (χ4v) is 4.59. The van der Waals surface area contributed by atoms with Gasteiger partial charge in [-0.3, -0.25) is 4.99 Å². The molecule has 0 bridgehead atoms. The van der Waals surface area contributed by atoms with Gasteiger partial charge in [-0.1, -0.05) is 6.92 Å². The third-order valence-corrected chi connectivity index (χ3v) is 6.60. The van der Waals surface area contributed by atoms with Gasteiger partial charge in [-0.15, -0.1) is 24.0 Å². The average Bonchev–Trinajstić information content (AvgIpc) is 3.34. The van der Waals surface area contributed by atoms with E-state index in [1.54, 1.807) is 43.3 Å². The molecule has 3 heterocycles. The van der Waals surface area contributed by atoms with Gasteiger partial charge >= 0.3 is 0 Å². The first-order valence-electron chi connectivity index (χ1n) is 9.45. The van der Waals surface area contributed by atoms with E-state index in [1.165, 1.54) is 0 Å². The van der Waals surface area contributed by atoms with Crippen molar-refractivity contribution in [2.45, 2.75) is 24.3 Å². The van der Waals surface area contributed by atoms with Gasteiger partial charge in [-0.05, 0) is 18.4 Å². The topological polar surface area (TPSA) is 96.5 Å². The molecule has 0 aromatic carbocycles. The van der Waals surface area contributed by atoms with E-state index in [9.17, 15) is 8.42 Å². The quantitative estimate of drug-likeness (QED) is 0.252. The van der Waals surface area contributed by atoms with Crippen molar-refractivity contribution in [1.29, 1.82) is 0 Å². The highest BCUT2D eigenvalue weighted by molar-refractivity contribution is 14.0. The molecule has 0 radical (unpaired) electrons. The van der Waals surface area contributed by atoms with Crippen LogP contribution in [0.15, 0.2) is 47.1 Å². The minimum Gasteiger partial charge on any atom is -0.356 e. The van der Waals surface area contributed by atoms with E-state index in [1.807, 2.05) is 12.5 Å². The monoisotopic (exact) mass is 535 g/mol. The minimum absolute atomic E-state index is 0. The Labute approximate surface area is 189 Å². The van der Waals surface area contributed by atoms with E-state index < -0.39 is 10.0 Å². The third-order valence-electron chi connectivity index (χ3n) is 5.15. The fraction of sp³-hybridized carbons (Fsp3) is 0.556. The molecule has 1 fully saturated rings. The molecular formula is C18H30IN7O2S. The Kier molecular flexibility index (Phi) is 8.52. The standard InChI is InChI=1S/C18H29N7O2S.HI/c1-15-4-10-24(13-17(15)25-11-8-20-14-25)18(19-2)21-6-7-22-28(26,27)16-5-9-23(3)12-16;/h5,8-9,11-12,14-15,17,22H,4,6-7,10,13H2,1-3H3,(H,19,21);1H. The molecule has 0 aliphatic carbocycles. The maximum Gasteiger partial charge on any atom is 0.242 e. The Balaban J connectivity index is 0.00000300. The van der Waals surface area contributed by atoms with Crippen molar-refractivity contribution in [3.8, 4) is 0 Å². The SMILES string of the molecule is CN=C(NCCNS(=O)(=O)c1ccn(C)c1)N1CCC(C)C(n2ccnc2)C1.I. The maximum atomic E-state index is 12.3. The molecule has 11 heteroatoms. The second-order valence-corrected chi connectivity index (χ2v) is 8.94. The number of likely N-dealkylation sites (tertiary alicyclic amines) is 1. The second-order valence-electron chi connectivity index (χ2n) is 7.17. The number of aryl methyl sites for hydroxylation is 1. The number of halogens is 1. The Morgan fingerprint density at radius 3 is 2.76 bits per heavy atom. The molecule has 3 rings (SSSR count). The van der Waals surface area contributed by atoms with Crippen LogP contribution in [0.4, 0.5) is 0 Å². The van der Waals surface area contributed by atoms with E-state index in [4.69, 9.17) is 0 Å². The van der Waals surface area contributed by atoms with Gasteiger partial charge in [0.1, 0.15) is 0 Å². The number of aromatic nitrogens is 3. The predicted molar refractivity (Wildman–Crippen MR) is 124 cm³/mol. The Hall–Kier alpha value is -1.60. The first kappa shape index (κ1) is 23.7. The van der Waals surface area contributed by atoms with Gasteiger partial charge in [0.05, 0.1) is 17.3 Å². The van der Waals surface area contributed by atoms with E-state index in [0.29, 0.717) is 18.5 Å². The van der Waals surface area contributed by atoms with Gasteiger partial charge in [-0.2, -0.15) is 0 Å². The summed E-state index contributed by atoms with van der Waals surface area (Å²) in [4.78, 5) is 11.0. The summed E-state index contributed by atoms with van der Waals surface area (Å²) in [6, 6.07) is 1.92. The van der Waals surface area contributed by atoms with Gasteiger partial charge in [0.15, 0.2) is 5.96 Å². The molecule has 2 atom stereocenters. The van der Waals surface area contributed by atoms with Gasteiger partial charge in [-0.25, -0.2) is 18.1 Å². The fourth-order valence-electron chi connectivity index (χ4n) is 3.51. The van der Waals surface area contributed by atoms with E-state index in [-0.39, 0.29) is 35.4 Å². The molecule has 2 unspecified atom stereocenters. The number of imidazole rings is 1. The molecule has 2 N–H and O–H groups in total. The molecule has 162 valence electrons. The van der Waals surface area contributed by atoms with Crippen LogP contribution >= 0.6 is 24.0 Å². The van der Waals surface area contributed by atoms with Gasteiger partial charge < -0.3 is 19.4 Å². The largest absolute Gasteiger partial charge is 0.356 e. The third kappa shape index (κ3) is 5.95. The molecule has 0 spiro atoms. The number of nitrogens with one attached hydrogen (secondary N) is 2. The van der Waals surface area contributed by atoms with E-state index >= 15 is 0 Å². The van der Waals surface area contributed by atoms with E-state index in [0.717, 1.165) is 25.5 Å². The number of hydrogen-bond acceptors (Lipinski definition) is 4. The van der Waals surface area contributed by atoms with Crippen LogP contribution < -0.4 is 10.0 Å². The Morgan fingerprint density at radius 1 is 1.34 bits per heavy atom. The molecule has 0 amide bonds. The summed E-state index contributed by atoms with van der Waals surface area (Å²) in [5.41, 5.74) is 0. The summed E-state index contributed by atoms with van der Waals surface area (Å²) in [6.45, 7) is 4.76. The number of hydrogen-bond donors (Lipinski definition) is 2. The lowest BCUT2D eigenvalue weighted by molar-refractivity contribution is 0.189. The lowest BCUT2D eigenvalue weighted by atomic mass is 9.93. The number of rotatable bonds is 6. The highest BCUT2D eigenvalue weighted by atomic mass is 127. The summed E-state index contributed by atoms with van der Waals surface area (Å²) in [6.07, 6.45) is 10.0. The molecule has 2 aromatic heterocycles. The normalized spacial score (nSPS) is 20.4. The number of piperidine rings is 1. The summed E-state index contributed by atoms with van der Waals surface area (Å²) in [5.74, 6) is 1.34. The Bertz CT molecular complexity index is 895. The predicted octanol–water partition coefficient (Wildman–Crippen LogP) is 1.28. The van der Waals surface area contributed by atoms with Gasteiger partial charge in [0, 0.05) is 65.1 Å². The average molecular weight is 535 g/mol. The minimum atomic E-state index is -3.49. The summed E-state index contributed by atoms with van der Waals surface area (Å²) >= 11 is 0. The van der Waals surface area contributed by atoms with Crippen molar-refractivity contribution >= 4 is 40.0 Å². The highest BCUT2D eigenvalue weighted by Crippen LogP contribution is 2.27. The van der Waals surface area contributed by atoms with Crippen molar-refractivity contribution in [3.63, 3.8) is 0 Å². The zero-order chi connectivity index (χ0) is 20.1. The lowest BCUT2D eigenvalue weighted by Crippen LogP contribution is -2.50. The van der Waals surface area contributed by atoms with Crippen LogP contribution in [0, 0.1) is 5.92 Å². The first-order chi connectivity index (χ1) is 13.4. The van der Waals surface area contributed by atoms with Crippen molar-refractivity contribution < 1.29 is 8.42 Å². The van der Waals surface area contributed by atoms with Crippen LogP contribution in [0.25, 0.3) is 0 Å². The van der Waals surface area contributed by atoms with Crippen LogP contribution in [-0.4, -0.2) is 66.6 Å². The summed E-state index contributed by atoms with van der Waals surface area (Å²) in [5, 5.41) is 3.27. The number of aliphatic imine (C=N–C) groups is 1. The van der Waals surface area contributed by atoms with Gasteiger partial charge in [0.25, 0.3) is 0 Å². The van der Waals surface area contributed by atoms with Gasteiger partial charge in [0.2, 0.25) is 10.0 Å². The molecule has 29 heavy (non-hydrogen) atoms. The highest BCUT2D eigenvalue weighted by Gasteiger charge is 2.28. The molecular weight excluding hydrogens is 505 g/mol. The Morgan fingerprint density at radius 2 is 2.14 bits per heavy atom. The van der Waals surface area contributed by atoms with Crippen LogP contribution in [-0.2, 0) is 17.1 Å². The molecule has 1 aliphatic rings. The second kappa shape index (κ2) is 10.4. The molecule has 1 aliphatic heterocycles. The van der Waals surface area contributed by atoms with Crippen molar-refractivity contribution in [3.05, 3.63) is 37.2 Å². The first-order valence-corrected chi connectivity index (χ1v) is 10.9. The number of guanidine groups is 1. The van der Waals surface area contributed by atoms with Crippen molar-refractivity contribution in [2.75, 3.05) is 33.2 Å². The van der Waals surface area contributed by atoms with E-state index in [2.05, 4.69) is 36.4 Å². The molecule has 1 saturated heterocycles. The lowest BCUT2D eigenvalue weighted by Gasteiger charge is -2.39. The zero-order valence-corrected chi connectivity index (χ0v) is 20.2. The number of sulfonamides is 1. The zero-order valence-electron chi connectivity index (χ0n) is 17.0. The summed E-state index contributed by atoms with van der Waals surface area (Å²) < 4.78 is 31.0. The van der Waals surface area contributed by atoms with Crippen LogP contribution in [0.3, 0.4) is 0 Å². The van der Waals surface area contributed by atoms with Crippen LogP contribution in [0.5, 0.6) is 0 Å². The van der Waals surface area contributed by atoms with Crippen molar-refractivity contribution in [2.24, 2.45) is 18.0 Å². The molecule has 2 aromatic rings. The summed E-state index contributed by atoms with van der Waals surface area (Å²) in [7, 11) is 0.0542. The van der Waals surface area contributed by atoms with Crippen LogP contribution in [0.2, 0.25) is 0 Å². The number of nitrogens with zero attached hydrogens (tertiary/aromatic N) is 5. The van der Waals surface area contributed by atoms with Crippen LogP contribution in [0.1, 0.15) is 19.4 Å². The molecule has 0 saturated carbocycles. The molecule has 9 nitrogen and oxygen atoms in total. The smallest absolute Gasteiger partial charge is 0.242 e. The maximum absolute atomic E-state index is 12.3.